The van der Waals surface area contributed by atoms with Gasteiger partial charge in [0, 0.05) is 11.3 Å². The lowest BCUT2D eigenvalue weighted by Crippen LogP contribution is -2.37. The average molecular weight is 307 g/mol. The van der Waals surface area contributed by atoms with Crippen molar-refractivity contribution in [1.82, 2.24) is 5.32 Å². The van der Waals surface area contributed by atoms with Crippen LogP contribution in [0.4, 0.5) is 0 Å². The van der Waals surface area contributed by atoms with Gasteiger partial charge in [-0.2, -0.15) is 11.8 Å². The van der Waals surface area contributed by atoms with Crippen LogP contribution in [0.25, 0.3) is 0 Å². The molecule has 0 saturated heterocycles. The molecule has 4 heteroatoms. The van der Waals surface area contributed by atoms with E-state index in [-0.39, 0.29) is 18.4 Å². The quantitative estimate of drug-likeness (QED) is 0.849. The van der Waals surface area contributed by atoms with E-state index in [4.69, 9.17) is 0 Å². The molecule has 0 bridgehead atoms. The molecule has 0 heterocycles. The first-order valence-corrected chi connectivity index (χ1v) is 8.75. The molecule has 116 valence electrons. The summed E-state index contributed by atoms with van der Waals surface area (Å²) in [5.74, 6) is 1.07. The molecule has 1 fully saturated rings. The number of carbonyl (C=O) groups excluding carboxylic acids is 1. The maximum Gasteiger partial charge on any atom is 0.223 e. The first-order chi connectivity index (χ1) is 10.0. The molecule has 0 radical (unpaired) electrons. The molecule has 1 aromatic carbocycles. The molecule has 3 atom stereocenters. The number of hydrogen-bond acceptors (Lipinski definition) is 3. The van der Waals surface area contributed by atoms with Crippen molar-refractivity contribution in [1.29, 1.82) is 0 Å². The summed E-state index contributed by atoms with van der Waals surface area (Å²) in [5, 5.41) is 14.3. The predicted octanol–water partition coefficient (Wildman–Crippen LogP) is 3.07. The fourth-order valence-corrected chi connectivity index (χ4v) is 4.09. The minimum absolute atomic E-state index is 0.0593. The Morgan fingerprint density at radius 2 is 2.10 bits per heavy atom. The van der Waals surface area contributed by atoms with E-state index in [1.165, 1.54) is 6.42 Å². The third-order valence-corrected chi connectivity index (χ3v) is 5.29. The van der Waals surface area contributed by atoms with Crippen molar-refractivity contribution in [3.05, 3.63) is 35.9 Å². The van der Waals surface area contributed by atoms with E-state index in [2.05, 4.69) is 12.2 Å². The third-order valence-electron chi connectivity index (χ3n) is 4.05. The van der Waals surface area contributed by atoms with Crippen LogP contribution in [0.2, 0.25) is 0 Å². The number of nitrogens with one attached hydrogen (secondary N) is 1. The Hall–Kier alpha value is -1.00. The van der Waals surface area contributed by atoms with Crippen molar-refractivity contribution >= 4 is 17.7 Å². The molecular weight excluding hydrogens is 282 g/mol. The van der Waals surface area contributed by atoms with Crippen LogP contribution >= 0.6 is 11.8 Å². The van der Waals surface area contributed by atoms with Crippen molar-refractivity contribution in [3.8, 4) is 0 Å². The normalized spacial score (nSPS) is 24.5. The summed E-state index contributed by atoms with van der Waals surface area (Å²) in [6.45, 7) is 3.87. The fourth-order valence-electron chi connectivity index (χ4n) is 2.95. The van der Waals surface area contributed by atoms with Gasteiger partial charge in [-0.15, -0.1) is 0 Å². The van der Waals surface area contributed by atoms with Crippen LogP contribution in [0, 0.1) is 0 Å². The SMILES string of the molecule is CCS[C@@H]1CC[C@@H](NC(=O)C[C@](C)(O)c2ccccc2)C1. The topological polar surface area (TPSA) is 49.3 Å². The molecule has 0 aromatic heterocycles. The Morgan fingerprint density at radius 3 is 2.76 bits per heavy atom. The molecular formula is C17H25NO2S. The zero-order chi connectivity index (χ0) is 15.3. The molecule has 0 aliphatic heterocycles. The minimum Gasteiger partial charge on any atom is -0.385 e. The van der Waals surface area contributed by atoms with Crippen molar-refractivity contribution in [2.24, 2.45) is 0 Å². The van der Waals surface area contributed by atoms with Gasteiger partial charge in [0.1, 0.15) is 0 Å². The molecule has 1 aliphatic carbocycles. The second-order valence-electron chi connectivity index (χ2n) is 5.97. The minimum atomic E-state index is -1.11. The predicted molar refractivity (Wildman–Crippen MR) is 88.3 cm³/mol. The highest BCUT2D eigenvalue weighted by Crippen LogP contribution is 2.30. The van der Waals surface area contributed by atoms with Crippen LogP contribution in [0.15, 0.2) is 30.3 Å². The van der Waals surface area contributed by atoms with Crippen LogP contribution in [0.3, 0.4) is 0 Å². The van der Waals surface area contributed by atoms with Gasteiger partial charge in [0.05, 0.1) is 12.0 Å². The highest BCUT2D eigenvalue weighted by molar-refractivity contribution is 7.99. The van der Waals surface area contributed by atoms with E-state index in [1.807, 2.05) is 42.1 Å². The molecule has 3 nitrogen and oxygen atoms in total. The number of amides is 1. The van der Waals surface area contributed by atoms with Crippen LogP contribution in [-0.4, -0.2) is 28.1 Å². The zero-order valence-electron chi connectivity index (χ0n) is 12.8. The smallest absolute Gasteiger partial charge is 0.223 e. The summed E-state index contributed by atoms with van der Waals surface area (Å²) in [5.41, 5.74) is -0.326. The molecule has 1 saturated carbocycles. The lowest BCUT2D eigenvalue weighted by molar-refractivity contribution is -0.126. The van der Waals surface area contributed by atoms with Crippen LogP contribution in [-0.2, 0) is 10.4 Å². The highest BCUT2D eigenvalue weighted by Gasteiger charge is 2.30. The van der Waals surface area contributed by atoms with Gasteiger partial charge in [-0.3, -0.25) is 4.79 Å². The average Bonchev–Trinajstić information content (AvgIpc) is 2.87. The van der Waals surface area contributed by atoms with Gasteiger partial charge < -0.3 is 10.4 Å². The van der Waals surface area contributed by atoms with Gasteiger partial charge in [-0.25, -0.2) is 0 Å². The molecule has 1 aliphatic rings. The van der Waals surface area contributed by atoms with Gasteiger partial charge in [0.25, 0.3) is 0 Å². The van der Waals surface area contributed by atoms with E-state index in [0.29, 0.717) is 5.25 Å². The number of hydrogen-bond donors (Lipinski definition) is 2. The van der Waals surface area contributed by atoms with Gasteiger partial charge >= 0.3 is 0 Å². The summed E-state index contributed by atoms with van der Waals surface area (Å²) in [6.07, 6.45) is 3.40. The number of aliphatic hydroxyl groups is 1. The molecule has 1 aromatic rings. The Labute approximate surface area is 131 Å². The molecule has 2 rings (SSSR count). The third kappa shape index (κ3) is 4.75. The van der Waals surface area contributed by atoms with Gasteiger partial charge in [-0.1, -0.05) is 37.3 Å². The van der Waals surface area contributed by atoms with Gasteiger partial charge in [0.2, 0.25) is 5.91 Å². The number of benzene rings is 1. The lowest BCUT2D eigenvalue weighted by Gasteiger charge is -2.24. The van der Waals surface area contributed by atoms with Gasteiger partial charge in [0.15, 0.2) is 0 Å². The Morgan fingerprint density at radius 1 is 1.38 bits per heavy atom. The Bertz CT molecular complexity index is 461. The second-order valence-corrected chi connectivity index (χ2v) is 7.55. The first-order valence-electron chi connectivity index (χ1n) is 7.70. The maximum absolute atomic E-state index is 12.2. The van der Waals surface area contributed by atoms with E-state index in [0.717, 1.165) is 24.2 Å². The Kier molecular flexibility index (Phi) is 5.71. The lowest BCUT2D eigenvalue weighted by atomic mass is 9.92. The van der Waals surface area contributed by atoms with Gasteiger partial charge in [-0.05, 0) is 37.5 Å². The summed E-state index contributed by atoms with van der Waals surface area (Å²) in [7, 11) is 0. The monoisotopic (exact) mass is 307 g/mol. The standard InChI is InChI=1S/C17H25NO2S/c1-3-21-15-10-9-14(11-15)18-16(19)12-17(2,20)13-7-5-4-6-8-13/h4-8,14-15,20H,3,9-12H2,1-2H3,(H,18,19)/t14-,15-,17+/m1/s1. The molecule has 21 heavy (non-hydrogen) atoms. The maximum atomic E-state index is 12.2. The van der Waals surface area contributed by atoms with Crippen molar-refractivity contribution in [2.75, 3.05) is 5.75 Å². The van der Waals surface area contributed by atoms with E-state index >= 15 is 0 Å². The summed E-state index contributed by atoms with van der Waals surface area (Å²) in [6, 6.07) is 9.65. The summed E-state index contributed by atoms with van der Waals surface area (Å²) < 4.78 is 0. The van der Waals surface area contributed by atoms with Crippen LogP contribution in [0.1, 0.15) is 45.1 Å². The largest absolute Gasteiger partial charge is 0.385 e. The zero-order valence-corrected chi connectivity index (χ0v) is 13.7. The fraction of sp³-hybridized carbons (Fsp3) is 0.588. The molecule has 2 N–H and O–H groups in total. The van der Waals surface area contributed by atoms with E-state index < -0.39 is 5.60 Å². The van der Waals surface area contributed by atoms with E-state index in [9.17, 15) is 9.90 Å². The number of thioether (sulfide) groups is 1. The number of rotatable bonds is 6. The van der Waals surface area contributed by atoms with E-state index in [1.54, 1.807) is 6.92 Å². The van der Waals surface area contributed by atoms with Crippen LogP contribution in [0.5, 0.6) is 0 Å². The molecule has 1 amide bonds. The summed E-state index contributed by atoms with van der Waals surface area (Å²) >= 11 is 1.98. The van der Waals surface area contributed by atoms with Crippen LogP contribution < -0.4 is 5.32 Å². The number of carbonyl (C=O) groups is 1. The van der Waals surface area contributed by atoms with Crippen molar-refractivity contribution in [3.63, 3.8) is 0 Å². The molecule has 0 unspecified atom stereocenters. The highest BCUT2D eigenvalue weighted by atomic mass is 32.2. The summed E-state index contributed by atoms with van der Waals surface area (Å²) in [4.78, 5) is 12.2. The first kappa shape index (κ1) is 16.4. The van der Waals surface area contributed by atoms with Crippen molar-refractivity contribution in [2.45, 2.75) is 56.4 Å². The Balaban J connectivity index is 1.85. The second kappa shape index (κ2) is 7.32. The molecule has 0 spiro atoms. The van der Waals surface area contributed by atoms with Crippen molar-refractivity contribution < 1.29 is 9.90 Å².